The first-order valence-electron chi connectivity index (χ1n) is 7.17. The smallest absolute Gasteiger partial charge is 0.406 e. The number of aliphatic hydroxyl groups is 1. The molecule has 5 nitrogen and oxygen atoms in total. The maximum atomic E-state index is 12.0. The van der Waals surface area contributed by atoms with Crippen molar-refractivity contribution in [3.8, 4) is 5.75 Å². The number of carbonyl (C=O) groups is 1. The van der Waals surface area contributed by atoms with E-state index in [4.69, 9.17) is 4.74 Å². The summed E-state index contributed by atoms with van der Waals surface area (Å²) >= 11 is 0. The van der Waals surface area contributed by atoms with Gasteiger partial charge in [-0.1, -0.05) is 12.1 Å². The van der Waals surface area contributed by atoms with Crippen LogP contribution in [0.2, 0.25) is 0 Å². The van der Waals surface area contributed by atoms with E-state index in [1.165, 1.54) is 12.1 Å². The first kappa shape index (κ1) is 17.6. The highest BCUT2D eigenvalue weighted by molar-refractivity contribution is 5.78. The van der Waals surface area contributed by atoms with Crippen molar-refractivity contribution in [3.05, 3.63) is 29.8 Å². The van der Waals surface area contributed by atoms with Gasteiger partial charge in [-0.3, -0.25) is 4.79 Å². The van der Waals surface area contributed by atoms with Gasteiger partial charge in [-0.15, -0.1) is 13.2 Å². The van der Waals surface area contributed by atoms with Gasteiger partial charge < -0.3 is 19.9 Å². The maximum absolute atomic E-state index is 12.0. The molecule has 0 bridgehead atoms. The van der Waals surface area contributed by atoms with Crippen LogP contribution in [0.15, 0.2) is 24.3 Å². The lowest BCUT2D eigenvalue weighted by Gasteiger charge is -2.32. The molecule has 0 radical (unpaired) electrons. The van der Waals surface area contributed by atoms with Crippen molar-refractivity contribution < 1.29 is 32.5 Å². The van der Waals surface area contributed by atoms with E-state index in [1.807, 2.05) is 0 Å². The summed E-state index contributed by atoms with van der Waals surface area (Å²) in [6.45, 7) is 1.03. The SMILES string of the molecule is O=C(Cc1ccc(OC(F)(F)F)cc1)NCC1(O)CCOCC1. The van der Waals surface area contributed by atoms with Gasteiger partial charge in [0.15, 0.2) is 0 Å². The summed E-state index contributed by atoms with van der Waals surface area (Å²) in [5, 5.41) is 12.9. The number of benzene rings is 1. The molecule has 1 aromatic carbocycles. The van der Waals surface area contributed by atoms with Crippen LogP contribution in [0, 0.1) is 0 Å². The maximum Gasteiger partial charge on any atom is 0.573 e. The highest BCUT2D eigenvalue weighted by Crippen LogP contribution is 2.23. The number of halogens is 3. The number of carbonyl (C=O) groups excluding carboxylic acids is 1. The minimum absolute atomic E-state index is 0.0128. The normalized spacial score (nSPS) is 17.6. The van der Waals surface area contributed by atoms with Crippen LogP contribution in [0.1, 0.15) is 18.4 Å². The summed E-state index contributed by atoms with van der Waals surface area (Å²) in [5.74, 6) is -0.646. The molecule has 0 atom stereocenters. The number of nitrogens with one attached hydrogen (secondary N) is 1. The van der Waals surface area contributed by atoms with Gasteiger partial charge in [0.05, 0.1) is 12.0 Å². The van der Waals surface area contributed by atoms with Crippen LogP contribution < -0.4 is 10.1 Å². The molecule has 1 heterocycles. The molecule has 1 amide bonds. The van der Waals surface area contributed by atoms with E-state index in [1.54, 1.807) is 0 Å². The summed E-state index contributed by atoms with van der Waals surface area (Å²) < 4.78 is 45.0. The minimum Gasteiger partial charge on any atom is -0.406 e. The second kappa shape index (κ2) is 7.18. The zero-order valence-corrected chi connectivity index (χ0v) is 12.4. The predicted octanol–water partition coefficient (Wildman–Crippen LogP) is 1.79. The summed E-state index contributed by atoms with van der Waals surface area (Å²) in [6, 6.07) is 5.10. The van der Waals surface area contributed by atoms with Crippen LogP contribution >= 0.6 is 0 Å². The Morgan fingerprint density at radius 2 is 1.87 bits per heavy atom. The lowest BCUT2D eigenvalue weighted by atomic mass is 9.94. The fourth-order valence-corrected chi connectivity index (χ4v) is 2.25. The third-order valence-electron chi connectivity index (χ3n) is 3.56. The van der Waals surface area contributed by atoms with Crippen LogP contribution in [0.3, 0.4) is 0 Å². The minimum atomic E-state index is -4.74. The number of alkyl halides is 3. The monoisotopic (exact) mass is 333 g/mol. The molecule has 1 aliphatic heterocycles. The molecule has 1 aliphatic rings. The van der Waals surface area contributed by atoms with E-state index in [0.29, 0.717) is 31.6 Å². The van der Waals surface area contributed by atoms with Crippen molar-refractivity contribution in [1.29, 1.82) is 0 Å². The van der Waals surface area contributed by atoms with Crippen molar-refractivity contribution in [2.24, 2.45) is 0 Å². The van der Waals surface area contributed by atoms with Gasteiger partial charge in [-0.25, -0.2) is 0 Å². The quantitative estimate of drug-likeness (QED) is 0.862. The molecule has 8 heteroatoms. The Kier molecular flexibility index (Phi) is 5.48. The van der Waals surface area contributed by atoms with Crippen LogP contribution in [0.5, 0.6) is 5.75 Å². The highest BCUT2D eigenvalue weighted by atomic mass is 19.4. The van der Waals surface area contributed by atoms with Crippen LogP contribution in [0.4, 0.5) is 13.2 Å². The Bertz CT molecular complexity index is 525. The molecule has 0 unspecified atom stereocenters. The molecule has 1 fully saturated rings. The van der Waals surface area contributed by atoms with Crippen molar-refractivity contribution in [2.45, 2.75) is 31.2 Å². The fourth-order valence-electron chi connectivity index (χ4n) is 2.25. The summed E-state index contributed by atoms with van der Waals surface area (Å²) in [6.07, 6.45) is -3.82. The first-order valence-corrected chi connectivity index (χ1v) is 7.17. The molecule has 2 N–H and O–H groups in total. The largest absolute Gasteiger partial charge is 0.573 e. The number of hydrogen-bond donors (Lipinski definition) is 2. The van der Waals surface area contributed by atoms with Gasteiger partial charge in [0.25, 0.3) is 0 Å². The molecule has 0 spiro atoms. The van der Waals surface area contributed by atoms with E-state index in [-0.39, 0.29) is 24.6 Å². The number of hydrogen-bond acceptors (Lipinski definition) is 4. The Hall–Kier alpha value is -1.80. The first-order chi connectivity index (χ1) is 10.8. The molecule has 0 saturated carbocycles. The topological polar surface area (TPSA) is 67.8 Å². The van der Waals surface area contributed by atoms with E-state index in [9.17, 15) is 23.1 Å². The molecular formula is C15H18F3NO4. The summed E-state index contributed by atoms with van der Waals surface area (Å²) in [7, 11) is 0. The van der Waals surface area contributed by atoms with Gasteiger partial charge in [-0.2, -0.15) is 0 Å². The van der Waals surface area contributed by atoms with Gasteiger partial charge in [0, 0.05) is 32.6 Å². The van der Waals surface area contributed by atoms with E-state index < -0.39 is 12.0 Å². The van der Waals surface area contributed by atoms with Crippen molar-refractivity contribution >= 4 is 5.91 Å². The summed E-state index contributed by atoms with van der Waals surface area (Å²) in [4.78, 5) is 11.8. The lowest BCUT2D eigenvalue weighted by Crippen LogP contribution is -2.46. The van der Waals surface area contributed by atoms with Crippen LogP contribution in [-0.2, 0) is 16.0 Å². The molecular weight excluding hydrogens is 315 g/mol. The van der Waals surface area contributed by atoms with Gasteiger partial charge in [0.1, 0.15) is 5.75 Å². The zero-order valence-electron chi connectivity index (χ0n) is 12.4. The highest BCUT2D eigenvalue weighted by Gasteiger charge is 2.31. The van der Waals surface area contributed by atoms with Crippen molar-refractivity contribution in [1.82, 2.24) is 5.32 Å². The van der Waals surface area contributed by atoms with E-state index in [2.05, 4.69) is 10.1 Å². The van der Waals surface area contributed by atoms with E-state index >= 15 is 0 Å². The van der Waals surface area contributed by atoms with Crippen molar-refractivity contribution in [2.75, 3.05) is 19.8 Å². The average Bonchev–Trinajstić information content (AvgIpc) is 2.47. The molecule has 1 aromatic rings. The third kappa shape index (κ3) is 6.07. The second-order valence-electron chi connectivity index (χ2n) is 5.48. The lowest BCUT2D eigenvalue weighted by molar-refractivity contribution is -0.274. The molecule has 0 aromatic heterocycles. The Labute approximate surface area is 131 Å². The van der Waals surface area contributed by atoms with E-state index in [0.717, 1.165) is 12.1 Å². The second-order valence-corrected chi connectivity index (χ2v) is 5.48. The standard InChI is InChI=1S/C15H18F3NO4/c16-15(17,18)23-12-3-1-11(2-4-12)9-13(20)19-10-14(21)5-7-22-8-6-14/h1-4,21H,5-10H2,(H,19,20). The van der Waals surface area contributed by atoms with Crippen LogP contribution in [-0.4, -0.2) is 42.7 Å². The predicted molar refractivity (Wildman–Crippen MR) is 74.8 cm³/mol. The summed E-state index contributed by atoms with van der Waals surface area (Å²) in [5.41, 5.74) is -0.408. The van der Waals surface area contributed by atoms with Gasteiger partial charge in [0.2, 0.25) is 5.91 Å². The fraction of sp³-hybridized carbons (Fsp3) is 0.533. The Balaban J connectivity index is 1.81. The zero-order chi connectivity index (χ0) is 16.9. The molecule has 23 heavy (non-hydrogen) atoms. The van der Waals surface area contributed by atoms with Gasteiger partial charge in [-0.05, 0) is 17.7 Å². The van der Waals surface area contributed by atoms with Crippen LogP contribution in [0.25, 0.3) is 0 Å². The van der Waals surface area contributed by atoms with Gasteiger partial charge >= 0.3 is 6.36 Å². The number of ether oxygens (including phenoxy) is 2. The number of rotatable bonds is 5. The molecule has 1 saturated heterocycles. The Morgan fingerprint density at radius 3 is 2.43 bits per heavy atom. The third-order valence-corrected chi connectivity index (χ3v) is 3.56. The molecule has 0 aliphatic carbocycles. The molecule has 128 valence electrons. The molecule has 2 rings (SSSR count). The average molecular weight is 333 g/mol. The van der Waals surface area contributed by atoms with Crippen molar-refractivity contribution in [3.63, 3.8) is 0 Å². The Morgan fingerprint density at radius 1 is 1.26 bits per heavy atom. The number of amides is 1.